The highest BCUT2D eigenvalue weighted by molar-refractivity contribution is 7.10. The first-order chi connectivity index (χ1) is 9.62. The lowest BCUT2D eigenvalue weighted by atomic mass is 9.96. The number of thiophene rings is 1. The highest BCUT2D eigenvalue weighted by atomic mass is 35.5. The zero-order chi connectivity index (χ0) is 14.7. The van der Waals surface area contributed by atoms with E-state index in [2.05, 4.69) is 49.7 Å². The molecule has 0 fully saturated rings. The SMILES string of the molecule is CCc1ccc(C(NC)c2scc(C)c2Cl)cc1CC. The van der Waals surface area contributed by atoms with Gasteiger partial charge in [-0.25, -0.2) is 0 Å². The minimum atomic E-state index is 0.178. The molecule has 1 nitrogen and oxygen atoms in total. The van der Waals surface area contributed by atoms with Crippen molar-refractivity contribution in [3.05, 3.63) is 55.7 Å². The minimum absolute atomic E-state index is 0.178. The number of halogens is 1. The van der Waals surface area contributed by atoms with Crippen LogP contribution >= 0.6 is 22.9 Å². The van der Waals surface area contributed by atoms with E-state index in [4.69, 9.17) is 11.6 Å². The summed E-state index contributed by atoms with van der Waals surface area (Å²) in [5.41, 5.74) is 5.34. The van der Waals surface area contributed by atoms with Crippen molar-refractivity contribution < 1.29 is 0 Å². The first kappa shape index (κ1) is 15.6. The van der Waals surface area contributed by atoms with Crippen LogP contribution in [0.4, 0.5) is 0 Å². The van der Waals surface area contributed by atoms with E-state index in [0.717, 1.165) is 23.4 Å². The monoisotopic (exact) mass is 307 g/mol. The third-order valence-electron chi connectivity index (χ3n) is 3.80. The molecular formula is C17H22ClNS. The molecule has 1 heterocycles. The van der Waals surface area contributed by atoms with Crippen molar-refractivity contribution >= 4 is 22.9 Å². The van der Waals surface area contributed by atoms with Crippen molar-refractivity contribution in [1.82, 2.24) is 5.32 Å². The lowest BCUT2D eigenvalue weighted by molar-refractivity contribution is 0.702. The van der Waals surface area contributed by atoms with Gasteiger partial charge >= 0.3 is 0 Å². The summed E-state index contributed by atoms with van der Waals surface area (Å²) in [5, 5.41) is 6.43. The Morgan fingerprint density at radius 2 is 1.90 bits per heavy atom. The van der Waals surface area contributed by atoms with E-state index in [0.29, 0.717) is 0 Å². The largest absolute Gasteiger partial charge is 0.309 e. The summed E-state index contributed by atoms with van der Waals surface area (Å²) in [5.74, 6) is 0. The molecule has 0 amide bonds. The zero-order valence-electron chi connectivity index (χ0n) is 12.6. The van der Waals surface area contributed by atoms with Crippen LogP contribution in [-0.2, 0) is 12.8 Å². The molecule has 2 rings (SSSR count). The van der Waals surface area contributed by atoms with Crippen LogP contribution in [-0.4, -0.2) is 7.05 Å². The molecule has 1 aromatic carbocycles. The predicted molar refractivity (Wildman–Crippen MR) is 90.2 cm³/mol. The minimum Gasteiger partial charge on any atom is -0.309 e. The number of hydrogen-bond acceptors (Lipinski definition) is 2. The van der Waals surface area contributed by atoms with Crippen LogP contribution < -0.4 is 5.32 Å². The number of nitrogens with one attached hydrogen (secondary N) is 1. The second kappa shape index (κ2) is 6.75. The summed E-state index contributed by atoms with van der Waals surface area (Å²) in [4.78, 5) is 1.21. The predicted octanol–water partition coefficient (Wildman–Crippen LogP) is 5.14. The van der Waals surface area contributed by atoms with Gasteiger partial charge in [0.15, 0.2) is 0 Å². The first-order valence-electron chi connectivity index (χ1n) is 7.14. The molecule has 1 aromatic heterocycles. The van der Waals surface area contributed by atoms with Gasteiger partial charge in [0.1, 0.15) is 0 Å². The van der Waals surface area contributed by atoms with E-state index < -0.39 is 0 Å². The van der Waals surface area contributed by atoms with Gasteiger partial charge in [0.25, 0.3) is 0 Å². The Morgan fingerprint density at radius 3 is 2.40 bits per heavy atom. The molecule has 1 N–H and O–H groups in total. The molecule has 1 atom stereocenters. The molecule has 0 bridgehead atoms. The van der Waals surface area contributed by atoms with Crippen LogP contribution in [0.3, 0.4) is 0 Å². The molecule has 20 heavy (non-hydrogen) atoms. The summed E-state index contributed by atoms with van der Waals surface area (Å²) in [6.07, 6.45) is 2.16. The summed E-state index contributed by atoms with van der Waals surface area (Å²) in [6.45, 7) is 6.49. The van der Waals surface area contributed by atoms with Gasteiger partial charge in [-0.05, 0) is 54.4 Å². The Hall–Kier alpha value is -0.830. The van der Waals surface area contributed by atoms with Crippen LogP contribution in [0.5, 0.6) is 0 Å². The zero-order valence-corrected chi connectivity index (χ0v) is 14.2. The van der Waals surface area contributed by atoms with Gasteiger partial charge in [0.05, 0.1) is 11.1 Å². The highest BCUT2D eigenvalue weighted by Gasteiger charge is 2.19. The highest BCUT2D eigenvalue weighted by Crippen LogP contribution is 2.36. The summed E-state index contributed by atoms with van der Waals surface area (Å²) in [6, 6.07) is 6.99. The van der Waals surface area contributed by atoms with Crippen LogP contribution in [0.1, 0.15) is 47.0 Å². The van der Waals surface area contributed by atoms with Crippen molar-refractivity contribution in [2.45, 2.75) is 39.7 Å². The maximum Gasteiger partial charge on any atom is 0.0683 e. The van der Waals surface area contributed by atoms with Crippen molar-refractivity contribution in [1.29, 1.82) is 0 Å². The smallest absolute Gasteiger partial charge is 0.0683 e. The van der Waals surface area contributed by atoms with E-state index >= 15 is 0 Å². The molecule has 0 radical (unpaired) electrons. The summed E-state index contributed by atoms with van der Waals surface area (Å²) in [7, 11) is 2.00. The van der Waals surface area contributed by atoms with Gasteiger partial charge in [-0.3, -0.25) is 0 Å². The Balaban J connectivity index is 2.44. The second-order valence-electron chi connectivity index (χ2n) is 5.05. The molecule has 3 heteroatoms. The number of benzene rings is 1. The van der Waals surface area contributed by atoms with E-state index in [1.165, 1.54) is 21.6 Å². The van der Waals surface area contributed by atoms with Crippen molar-refractivity contribution in [2.75, 3.05) is 7.05 Å². The fourth-order valence-electron chi connectivity index (χ4n) is 2.59. The topological polar surface area (TPSA) is 12.0 Å². The van der Waals surface area contributed by atoms with Gasteiger partial charge in [-0.2, -0.15) is 0 Å². The molecule has 0 spiro atoms. The average Bonchev–Trinajstić information content (AvgIpc) is 2.80. The van der Waals surface area contributed by atoms with Crippen LogP contribution in [0.2, 0.25) is 5.02 Å². The fourth-order valence-corrected chi connectivity index (χ4v) is 4.03. The van der Waals surface area contributed by atoms with E-state index in [1.54, 1.807) is 11.3 Å². The quantitative estimate of drug-likeness (QED) is 0.806. The maximum atomic E-state index is 6.43. The first-order valence-corrected chi connectivity index (χ1v) is 8.40. The molecule has 2 aromatic rings. The van der Waals surface area contributed by atoms with Crippen molar-refractivity contribution in [3.63, 3.8) is 0 Å². The lowest BCUT2D eigenvalue weighted by Gasteiger charge is -2.18. The second-order valence-corrected chi connectivity index (χ2v) is 6.34. The lowest BCUT2D eigenvalue weighted by Crippen LogP contribution is -2.17. The van der Waals surface area contributed by atoms with Gasteiger partial charge in [0, 0.05) is 4.88 Å². The average molecular weight is 308 g/mol. The fraction of sp³-hybridized carbons (Fsp3) is 0.412. The molecule has 108 valence electrons. The molecule has 1 unspecified atom stereocenters. The van der Waals surface area contributed by atoms with Crippen molar-refractivity contribution in [2.24, 2.45) is 0 Å². The van der Waals surface area contributed by atoms with Gasteiger partial charge < -0.3 is 5.32 Å². The van der Waals surface area contributed by atoms with Gasteiger partial charge in [-0.15, -0.1) is 11.3 Å². The standard InChI is InChI=1S/C17H22ClNS/c1-5-12-7-8-14(9-13(12)6-2)16(19-4)17-15(18)11(3)10-20-17/h7-10,16,19H,5-6H2,1-4H3. The van der Waals surface area contributed by atoms with E-state index in [1.807, 2.05) is 7.05 Å². The van der Waals surface area contributed by atoms with E-state index in [9.17, 15) is 0 Å². The van der Waals surface area contributed by atoms with Crippen LogP contribution in [0, 0.1) is 6.92 Å². The third-order valence-corrected chi connectivity index (χ3v) is 5.58. The van der Waals surface area contributed by atoms with Crippen LogP contribution in [0.15, 0.2) is 23.6 Å². The Kier molecular flexibility index (Phi) is 5.25. The molecule has 0 aliphatic rings. The number of aryl methyl sites for hydroxylation is 3. The third kappa shape index (κ3) is 2.93. The van der Waals surface area contributed by atoms with Gasteiger partial charge in [0.2, 0.25) is 0 Å². The maximum absolute atomic E-state index is 6.43. The molecule has 0 saturated carbocycles. The normalized spacial score (nSPS) is 12.7. The van der Waals surface area contributed by atoms with E-state index in [-0.39, 0.29) is 6.04 Å². The molecular weight excluding hydrogens is 286 g/mol. The Morgan fingerprint density at radius 1 is 1.20 bits per heavy atom. The Bertz CT molecular complexity index is 589. The molecule has 0 saturated heterocycles. The number of rotatable bonds is 5. The number of hydrogen-bond donors (Lipinski definition) is 1. The molecule has 0 aliphatic heterocycles. The van der Waals surface area contributed by atoms with Gasteiger partial charge in [-0.1, -0.05) is 43.6 Å². The summed E-state index contributed by atoms with van der Waals surface area (Å²) < 4.78 is 0. The van der Waals surface area contributed by atoms with Crippen LogP contribution in [0.25, 0.3) is 0 Å². The summed E-state index contributed by atoms with van der Waals surface area (Å²) >= 11 is 8.17. The molecule has 0 aliphatic carbocycles. The Labute approximate surface area is 131 Å². The van der Waals surface area contributed by atoms with Crippen molar-refractivity contribution in [3.8, 4) is 0 Å².